The Balaban J connectivity index is 1.48. The minimum absolute atomic E-state index is 0.0444. The first kappa shape index (κ1) is 19.7. The normalized spacial score (nSPS) is 21.1. The van der Waals surface area contributed by atoms with Crippen LogP contribution in [0.25, 0.3) is 0 Å². The first-order valence-corrected chi connectivity index (χ1v) is 10.2. The number of guanidine groups is 1. The Morgan fingerprint density at radius 3 is 2.74 bits per heavy atom. The molecule has 2 aliphatic rings. The van der Waals surface area contributed by atoms with E-state index in [1.165, 1.54) is 32.1 Å². The number of amides is 1. The van der Waals surface area contributed by atoms with Crippen molar-refractivity contribution in [2.75, 3.05) is 20.2 Å². The van der Waals surface area contributed by atoms with E-state index in [0.29, 0.717) is 24.7 Å². The molecule has 1 amide bonds. The summed E-state index contributed by atoms with van der Waals surface area (Å²) in [6, 6.07) is 8.25. The molecule has 1 saturated carbocycles. The maximum absolute atomic E-state index is 12.4. The van der Waals surface area contributed by atoms with Gasteiger partial charge in [0.25, 0.3) is 5.91 Å². The second-order valence-corrected chi connectivity index (χ2v) is 7.45. The molecule has 0 bridgehead atoms. The van der Waals surface area contributed by atoms with Gasteiger partial charge in [0.05, 0.1) is 6.10 Å². The van der Waals surface area contributed by atoms with Crippen molar-refractivity contribution < 1.29 is 9.53 Å². The number of rotatable bonds is 6. The fourth-order valence-corrected chi connectivity index (χ4v) is 3.76. The summed E-state index contributed by atoms with van der Waals surface area (Å²) in [7, 11) is 1.80. The molecule has 1 aliphatic heterocycles. The molecular formula is C21H32N4O2. The number of nitrogens with zero attached hydrogens (tertiary/aromatic N) is 1. The van der Waals surface area contributed by atoms with Crippen LogP contribution in [-0.4, -0.2) is 44.2 Å². The van der Waals surface area contributed by atoms with Gasteiger partial charge in [-0.25, -0.2) is 0 Å². The van der Waals surface area contributed by atoms with Gasteiger partial charge in [-0.3, -0.25) is 9.79 Å². The van der Waals surface area contributed by atoms with Gasteiger partial charge in [-0.05, 0) is 43.4 Å². The minimum Gasteiger partial charge on any atom is -0.376 e. The molecule has 2 fully saturated rings. The van der Waals surface area contributed by atoms with Crippen molar-refractivity contribution in [3.8, 4) is 0 Å². The third-order valence-electron chi connectivity index (χ3n) is 5.33. The standard InChI is InChI=1S/C21H32N4O2/c1-22-21(25-18-9-3-2-4-10-18)24-14-16-7-5-8-17(13-16)20(26)23-15-19-11-6-12-27-19/h5,7-8,13,18-19H,2-4,6,9-12,14-15H2,1H3,(H,23,26)(H2,22,24,25). The molecule has 3 N–H and O–H groups in total. The molecule has 1 saturated heterocycles. The van der Waals surface area contributed by atoms with Crippen LogP contribution in [-0.2, 0) is 11.3 Å². The van der Waals surface area contributed by atoms with E-state index in [9.17, 15) is 4.79 Å². The van der Waals surface area contributed by atoms with Crippen molar-refractivity contribution >= 4 is 11.9 Å². The lowest BCUT2D eigenvalue weighted by Gasteiger charge is -2.24. The maximum atomic E-state index is 12.4. The van der Waals surface area contributed by atoms with Crippen LogP contribution in [0.1, 0.15) is 60.9 Å². The molecule has 1 aromatic rings. The van der Waals surface area contributed by atoms with E-state index in [0.717, 1.165) is 31.0 Å². The highest BCUT2D eigenvalue weighted by Crippen LogP contribution is 2.17. The molecule has 0 spiro atoms. The summed E-state index contributed by atoms with van der Waals surface area (Å²) in [5.74, 6) is 0.784. The van der Waals surface area contributed by atoms with E-state index < -0.39 is 0 Å². The Bertz CT molecular complexity index is 635. The zero-order valence-electron chi connectivity index (χ0n) is 16.3. The number of carbonyl (C=O) groups excluding carboxylic acids is 1. The molecule has 27 heavy (non-hydrogen) atoms. The number of nitrogens with one attached hydrogen (secondary N) is 3. The average Bonchev–Trinajstić information content (AvgIpc) is 3.24. The van der Waals surface area contributed by atoms with Crippen molar-refractivity contribution in [2.45, 2.75) is 63.6 Å². The van der Waals surface area contributed by atoms with Crippen LogP contribution in [0.3, 0.4) is 0 Å². The number of benzene rings is 1. The Labute approximate surface area is 162 Å². The maximum Gasteiger partial charge on any atom is 0.251 e. The molecule has 1 heterocycles. The van der Waals surface area contributed by atoms with Gasteiger partial charge in [-0.1, -0.05) is 31.4 Å². The van der Waals surface area contributed by atoms with Crippen molar-refractivity contribution in [1.29, 1.82) is 0 Å². The second kappa shape index (κ2) is 10.3. The van der Waals surface area contributed by atoms with Crippen molar-refractivity contribution in [3.05, 3.63) is 35.4 Å². The Morgan fingerprint density at radius 2 is 2.00 bits per heavy atom. The number of aliphatic imine (C=N–C) groups is 1. The third-order valence-corrected chi connectivity index (χ3v) is 5.33. The summed E-state index contributed by atoms with van der Waals surface area (Å²) in [6.45, 7) is 2.02. The highest BCUT2D eigenvalue weighted by atomic mass is 16.5. The van der Waals surface area contributed by atoms with E-state index >= 15 is 0 Å². The summed E-state index contributed by atoms with van der Waals surface area (Å²) in [6.07, 6.45) is 8.60. The SMILES string of the molecule is CN=C(NCc1cccc(C(=O)NCC2CCCO2)c1)NC1CCCCC1. The van der Waals surface area contributed by atoms with Gasteiger partial charge in [-0.2, -0.15) is 0 Å². The first-order valence-electron chi connectivity index (χ1n) is 10.2. The molecule has 1 atom stereocenters. The van der Waals surface area contributed by atoms with E-state index in [1.54, 1.807) is 7.05 Å². The highest BCUT2D eigenvalue weighted by molar-refractivity contribution is 5.94. The minimum atomic E-state index is -0.0444. The smallest absolute Gasteiger partial charge is 0.251 e. The Kier molecular flexibility index (Phi) is 7.51. The monoisotopic (exact) mass is 372 g/mol. The molecule has 0 aromatic heterocycles. The van der Waals surface area contributed by atoms with E-state index in [2.05, 4.69) is 20.9 Å². The molecule has 6 heteroatoms. The zero-order valence-corrected chi connectivity index (χ0v) is 16.3. The number of hydrogen-bond acceptors (Lipinski definition) is 3. The fraction of sp³-hybridized carbons (Fsp3) is 0.619. The van der Waals surface area contributed by atoms with Gasteiger partial charge >= 0.3 is 0 Å². The Morgan fingerprint density at radius 1 is 1.15 bits per heavy atom. The first-order chi connectivity index (χ1) is 13.2. The molecule has 3 rings (SSSR count). The number of carbonyl (C=O) groups is 1. The summed E-state index contributed by atoms with van der Waals surface area (Å²) >= 11 is 0. The zero-order chi connectivity index (χ0) is 18.9. The molecule has 1 unspecified atom stereocenters. The molecule has 1 aromatic carbocycles. The van der Waals surface area contributed by atoms with Gasteiger partial charge < -0.3 is 20.7 Å². The van der Waals surface area contributed by atoms with Crippen molar-refractivity contribution in [2.24, 2.45) is 4.99 Å². The topological polar surface area (TPSA) is 74.8 Å². The lowest BCUT2D eigenvalue weighted by atomic mass is 9.96. The quantitative estimate of drug-likeness (QED) is 0.530. The summed E-state index contributed by atoms with van der Waals surface area (Å²) < 4.78 is 5.56. The summed E-state index contributed by atoms with van der Waals surface area (Å²) in [4.78, 5) is 16.7. The second-order valence-electron chi connectivity index (χ2n) is 7.45. The molecule has 1 aliphatic carbocycles. The van der Waals surface area contributed by atoms with Gasteiger partial charge in [0, 0.05) is 38.3 Å². The third kappa shape index (κ3) is 6.24. The highest BCUT2D eigenvalue weighted by Gasteiger charge is 2.17. The Hall–Kier alpha value is -2.08. The number of ether oxygens (including phenoxy) is 1. The van der Waals surface area contributed by atoms with Crippen molar-refractivity contribution in [1.82, 2.24) is 16.0 Å². The molecule has 148 valence electrons. The summed E-state index contributed by atoms with van der Waals surface area (Å²) in [5.41, 5.74) is 1.74. The molecule has 0 radical (unpaired) electrons. The van der Waals surface area contributed by atoms with Crippen molar-refractivity contribution in [3.63, 3.8) is 0 Å². The van der Waals surface area contributed by atoms with Gasteiger partial charge in [0.1, 0.15) is 0 Å². The van der Waals surface area contributed by atoms with Gasteiger partial charge in [0.2, 0.25) is 0 Å². The van der Waals surface area contributed by atoms with E-state index in [1.807, 2.05) is 24.3 Å². The van der Waals surface area contributed by atoms with Crippen LogP contribution in [0, 0.1) is 0 Å². The molecule has 6 nitrogen and oxygen atoms in total. The predicted molar refractivity (Wildman–Crippen MR) is 108 cm³/mol. The van der Waals surface area contributed by atoms with Crippen LogP contribution in [0.4, 0.5) is 0 Å². The van der Waals surface area contributed by atoms with Crippen LogP contribution in [0.15, 0.2) is 29.3 Å². The largest absolute Gasteiger partial charge is 0.376 e. The van der Waals surface area contributed by atoms with Gasteiger partial charge in [-0.15, -0.1) is 0 Å². The van der Waals surface area contributed by atoms with Crippen LogP contribution in [0.5, 0.6) is 0 Å². The molecular weight excluding hydrogens is 340 g/mol. The predicted octanol–water partition coefficient (Wildman–Crippen LogP) is 2.59. The average molecular weight is 373 g/mol. The van der Waals surface area contributed by atoms with E-state index in [-0.39, 0.29) is 12.0 Å². The summed E-state index contributed by atoms with van der Waals surface area (Å²) in [5, 5.41) is 9.85. The van der Waals surface area contributed by atoms with Crippen LogP contribution < -0.4 is 16.0 Å². The van der Waals surface area contributed by atoms with Gasteiger partial charge in [0.15, 0.2) is 5.96 Å². The lowest BCUT2D eigenvalue weighted by Crippen LogP contribution is -2.43. The lowest BCUT2D eigenvalue weighted by molar-refractivity contribution is 0.0857. The van der Waals surface area contributed by atoms with E-state index in [4.69, 9.17) is 4.74 Å². The number of hydrogen-bond donors (Lipinski definition) is 3. The fourth-order valence-electron chi connectivity index (χ4n) is 3.76. The van der Waals surface area contributed by atoms with Crippen LogP contribution >= 0.6 is 0 Å². The van der Waals surface area contributed by atoms with Crippen LogP contribution in [0.2, 0.25) is 0 Å².